The number of halogens is 3. The van der Waals surface area contributed by atoms with Gasteiger partial charge in [-0.2, -0.15) is 18.4 Å². The van der Waals surface area contributed by atoms with Crippen molar-refractivity contribution < 1.29 is 22.6 Å². The summed E-state index contributed by atoms with van der Waals surface area (Å²) in [6.45, 7) is 1.78. The van der Waals surface area contributed by atoms with E-state index in [9.17, 15) is 13.2 Å². The fourth-order valence-corrected chi connectivity index (χ4v) is 3.86. The van der Waals surface area contributed by atoms with E-state index in [1.165, 1.54) is 31.4 Å². The van der Waals surface area contributed by atoms with Gasteiger partial charge in [-0.3, -0.25) is 0 Å². The molecule has 0 bridgehead atoms. The number of aromatic nitrogens is 3. The smallest absolute Gasteiger partial charge is 0.429 e. The number of aromatic amines is 2. The maximum Gasteiger partial charge on any atom is 0.429 e. The van der Waals surface area contributed by atoms with Crippen LogP contribution in [0.1, 0.15) is 22.5 Å². The Morgan fingerprint density at radius 3 is 2.53 bits per heavy atom. The SMILES string of the molecule is COc1cc(C)c2[nH]ccc2c1C(OC)(c1nc2ccc(C#N)cc2[nH]1)C(F)(F)F. The second kappa shape index (κ2) is 6.78. The highest BCUT2D eigenvalue weighted by Gasteiger charge is 2.62. The topological polar surface area (TPSA) is 86.7 Å². The van der Waals surface area contributed by atoms with Gasteiger partial charge in [-0.25, -0.2) is 4.98 Å². The lowest BCUT2D eigenvalue weighted by molar-refractivity contribution is -0.260. The molecule has 4 rings (SSSR count). The highest BCUT2D eigenvalue weighted by atomic mass is 19.4. The number of nitriles is 1. The number of imidazole rings is 1. The van der Waals surface area contributed by atoms with Gasteiger partial charge >= 0.3 is 6.18 Å². The minimum absolute atomic E-state index is 0.0249. The molecular weight excluding hydrogens is 397 g/mol. The van der Waals surface area contributed by atoms with Gasteiger partial charge < -0.3 is 19.4 Å². The molecule has 0 fully saturated rings. The summed E-state index contributed by atoms with van der Waals surface area (Å²) in [5.41, 5.74) is -0.990. The molecule has 2 heterocycles. The van der Waals surface area contributed by atoms with Crippen molar-refractivity contribution in [3.05, 3.63) is 59.0 Å². The van der Waals surface area contributed by atoms with E-state index < -0.39 is 17.6 Å². The predicted molar refractivity (Wildman–Crippen MR) is 104 cm³/mol. The molecule has 0 aliphatic heterocycles. The van der Waals surface area contributed by atoms with E-state index in [0.29, 0.717) is 22.0 Å². The van der Waals surface area contributed by atoms with Crippen LogP contribution in [0.15, 0.2) is 36.5 Å². The van der Waals surface area contributed by atoms with Crippen molar-refractivity contribution in [3.63, 3.8) is 0 Å². The number of nitrogens with one attached hydrogen (secondary N) is 2. The minimum Gasteiger partial charge on any atom is -0.496 e. The van der Waals surface area contributed by atoms with Crippen LogP contribution in [0.5, 0.6) is 5.75 Å². The number of alkyl halides is 3. The van der Waals surface area contributed by atoms with Gasteiger partial charge in [-0.15, -0.1) is 0 Å². The fourth-order valence-electron chi connectivity index (χ4n) is 3.86. The summed E-state index contributed by atoms with van der Waals surface area (Å²) >= 11 is 0. The quantitative estimate of drug-likeness (QED) is 0.507. The van der Waals surface area contributed by atoms with E-state index in [1.807, 2.05) is 6.07 Å². The summed E-state index contributed by atoms with van der Waals surface area (Å²) in [7, 11) is 2.30. The third-order valence-electron chi connectivity index (χ3n) is 5.23. The highest BCUT2D eigenvalue weighted by Crippen LogP contribution is 2.52. The molecule has 0 aliphatic rings. The Morgan fingerprint density at radius 2 is 1.90 bits per heavy atom. The summed E-state index contributed by atoms with van der Waals surface area (Å²) in [6, 6.07) is 9.47. The largest absolute Gasteiger partial charge is 0.496 e. The number of rotatable bonds is 4. The number of hydrogen-bond donors (Lipinski definition) is 2. The summed E-state index contributed by atoms with van der Waals surface area (Å²) in [5, 5.41) is 9.41. The second-order valence-electron chi connectivity index (χ2n) is 6.85. The Hall–Kier alpha value is -3.51. The standard InChI is InChI=1S/C21H17F3N4O2/c1-11-8-16(29-2)17(13-6-7-26-18(11)13)20(30-3,21(22,23)24)19-27-14-5-4-12(10-25)9-15(14)28-19/h4-9,26H,1-3H3,(H,27,28). The van der Waals surface area contributed by atoms with Crippen molar-refractivity contribution >= 4 is 21.9 Å². The minimum atomic E-state index is -4.89. The van der Waals surface area contributed by atoms with Crippen LogP contribution in [0, 0.1) is 18.3 Å². The number of fused-ring (bicyclic) bond motifs is 2. The van der Waals surface area contributed by atoms with Crippen molar-refractivity contribution in [1.82, 2.24) is 15.0 Å². The first-order valence-electron chi connectivity index (χ1n) is 8.94. The zero-order valence-electron chi connectivity index (χ0n) is 16.3. The molecule has 1 atom stereocenters. The molecule has 0 aliphatic carbocycles. The average Bonchev–Trinajstić information content (AvgIpc) is 3.35. The molecule has 30 heavy (non-hydrogen) atoms. The lowest BCUT2D eigenvalue weighted by Gasteiger charge is -2.34. The second-order valence-corrected chi connectivity index (χ2v) is 6.85. The van der Waals surface area contributed by atoms with Gasteiger partial charge in [-0.1, -0.05) is 0 Å². The lowest BCUT2D eigenvalue weighted by atomic mass is 9.87. The number of hydrogen-bond acceptors (Lipinski definition) is 4. The van der Waals surface area contributed by atoms with Crippen LogP contribution in [0.2, 0.25) is 0 Å². The number of benzene rings is 2. The normalized spacial score (nSPS) is 14.0. The van der Waals surface area contributed by atoms with Crippen molar-refractivity contribution in [3.8, 4) is 11.8 Å². The van der Waals surface area contributed by atoms with E-state index >= 15 is 0 Å². The summed E-state index contributed by atoms with van der Waals surface area (Å²) in [4.78, 5) is 9.88. The van der Waals surface area contributed by atoms with Gasteiger partial charge in [0.1, 0.15) is 5.75 Å². The van der Waals surface area contributed by atoms with E-state index in [2.05, 4.69) is 15.0 Å². The van der Waals surface area contributed by atoms with E-state index in [0.717, 1.165) is 12.7 Å². The molecular formula is C21H17F3N4O2. The van der Waals surface area contributed by atoms with Crippen LogP contribution < -0.4 is 4.74 Å². The zero-order chi connectivity index (χ0) is 21.7. The molecule has 2 aromatic heterocycles. The molecule has 0 saturated heterocycles. The van der Waals surface area contributed by atoms with Crippen LogP contribution >= 0.6 is 0 Å². The molecule has 2 N–H and O–H groups in total. The van der Waals surface area contributed by atoms with Crippen molar-refractivity contribution in [2.75, 3.05) is 14.2 Å². The number of ether oxygens (including phenoxy) is 2. The molecule has 0 saturated carbocycles. The Bertz CT molecular complexity index is 1300. The van der Waals surface area contributed by atoms with Crippen LogP contribution in [0.25, 0.3) is 21.9 Å². The average molecular weight is 414 g/mol. The maximum atomic E-state index is 14.8. The van der Waals surface area contributed by atoms with E-state index in [4.69, 9.17) is 14.7 Å². The van der Waals surface area contributed by atoms with Gasteiger partial charge in [0.15, 0.2) is 5.82 Å². The first-order valence-corrected chi connectivity index (χ1v) is 8.94. The zero-order valence-corrected chi connectivity index (χ0v) is 16.3. The third kappa shape index (κ3) is 2.64. The molecule has 4 aromatic rings. The Kier molecular flexibility index (Phi) is 4.47. The van der Waals surface area contributed by atoms with Gasteiger partial charge in [-0.05, 0) is 42.8 Å². The van der Waals surface area contributed by atoms with Crippen LogP contribution in [0.4, 0.5) is 13.2 Å². The number of nitrogens with zero attached hydrogens (tertiary/aromatic N) is 2. The van der Waals surface area contributed by atoms with Gasteiger partial charge in [0, 0.05) is 24.2 Å². The van der Waals surface area contributed by atoms with E-state index in [-0.39, 0.29) is 16.8 Å². The third-order valence-corrected chi connectivity index (χ3v) is 5.23. The first-order chi connectivity index (χ1) is 14.3. The molecule has 0 spiro atoms. The van der Waals surface area contributed by atoms with Crippen molar-refractivity contribution in [2.24, 2.45) is 0 Å². The van der Waals surface area contributed by atoms with Crippen LogP contribution in [-0.2, 0) is 10.3 Å². The molecule has 1 unspecified atom stereocenters. The molecule has 154 valence electrons. The molecule has 0 amide bonds. The maximum absolute atomic E-state index is 14.8. The monoisotopic (exact) mass is 414 g/mol. The Morgan fingerprint density at radius 1 is 1.13 bits per heavy atom. The predicted octanol–water partition coefficient (Wildman–Crippen LogP) is 4.69. The molecule has 2 aromatic carbocycles. The Balaban J connectivity index is 2.13. The summed E-state index contributed by atoms with van der Waals surface area (Å²) < 4.78 is 54.9. The molecule has 0 radical (unpaired) electrons. The van der Waals surface area contributed by atoms with E-state index in [1.54, 1.807) is 19.2 Å². The molecule has 6 nitrogen and oxygen atoms in total. The molecule has 9 heteroatoms. The van der Waals surface area contributed by atoms with Gasteiger partial charge in [0.25, 0.3) is 5.60 Å². The number of aryl methyl sites for hydroxylation is 1. The summed E-state index contributed by atoms with van der Waals surface area (Å²) in [5.74, 6) is -0.427. The summed E-state index contributed by atoms with van der Waals surface area (Å²) in [6.07, 6.45) is -3.32. The Labute approximate surface area is 169 Å². The van der Waals surface area contributed by atoms with Gasteiger partial charge in [0.05, 0.1) is 35.3 Å². The van der Waals surface area contributed by atoms with Gasteiger partial charge in [0.2, 0.25) is 0 Å². The first kappa shape index (κ1) is 19.8. The fraction of sp³-hybridized carbons (Fsp3) is 0.238. The van der Waals surface area contributed by atoms with Crippen molar-refractivity contribution in [2.45, 2.75) is 18.7 Å². The van der Waals surface area contributed by atoms with Crippen molar-refractivity contribution in [1.29, 1.82) is 5.26 Å². The van der Waals surface area contributed by atoms with Crippen LogP contribution in [0.3, 0.4) is 0 Å². The van der Waals surface area contributed by atoms with Crippen LogP contribution in [-0.4, -0.2) is 35.3 Å². The highest BCUT2D eigenvalue weighted by molar-refractivity contribution is 5.90. The number of methoxy groups -OCH3 is 2. The lowest BCUT2D eigenvalue weighted by Crippen LogP contribution is -2.46. The number of H-pyrrole nitrogens is 2.